The highest BCUT2D eigenvalue weighted by Gasteiger charge is 2.28. The van der Waals surface area contributed by atoms with Gasteiger partial charge in [0, 0.05) is 12.0 Å². The molecule has 1 atom stereocenters. The van der Waals surface area contributed by atoms with Gasteiger partial charge in [-0.1, -0.05) is 29.4 Å². The summed E-state index contributed by atoms with van der Waals surface area (Å²) < 4.78 is 0. The van der Waals surface area contributed by atoms with Crippen LogP contribution in [0.4, 0.5) is 0 Å². The minimum atomic E-state index is -0.970. The molecule has 4 heteroatoms. The zero-order chi connectivity index (χ0) is 10.8. The van der Waals surface area contributed by atoms with Crippen LogP contribution < -0.4 is 0 Å². The van der Waals surface area contributed by atoms with E-state index in [-0.39, 0.29) is 0 Å². The highest BCUT2D eigenvalue weighted by Crippen LogP contribution is 2.19. The number of carboxylic acids is 1. The highest BCUT2D eigenvalue weighted by molar-refractivity contribution is 6.04. The van der Waals surface area contributed by atoms with E-state index >= 15 is 0 Å². The number of hydrogen-bond donors (Lipinski definition) is 1. The summed E-state index contributed by atoms with van der Waals surface area (Å²) in [5, 5.41) is 12.6. The van der Waals surface area contributed by atoms with E-state index < -0.39 is 12.1 Å². The fourth-order valence-electron chi connectivity index (χ4n) is 1.57. The molecule has 2 rings (SSSR count). The standard InChI is InChI=1S/C11H11NO3/c1-7-4-2-3-5-8(7)9-6-10(11(13)14)15-12-9/h2-5,10H,6H2,1H3,(H,13,14)/t10-/m0/s1. The van der Waals surface area contributed by atoms with Gasteiger partial charge >= 0.3 is 5.97 Å². The Hall–Kier alpha value is -1.84. The topological polar surface area (TPSA) is 58.9 Å². The lowest BCUT2D eigenvalue weighted by atomic mass is 10.0. The van der Waals surface area contributed by atoms with Gasteiger partial charge in [0.15, 0.2) is 0 Å². The Morgan fingerprint density at radius 1 is 1.53 bits per heavy atom. The number of oxime groups is 1. The summed E-state index contributed by atoms with van der Waals surface area (Å²) >= 11 is 0. The molecule has 0 aliphatic carbocycles. The molecule has 1 aliphatic heterocycles. The molecule has 78 valence electrons. The van der Waals surface area contributed by atoms with Crippen molar-refractivity contribution < 1.29 is 14.7 Å². The molecule has 15 heavy (non-hydrogen) atoms. The van der Waals surface area contributed by atoms with Gasteiger partial charge in [-0.2, -0.15) is 0 Å². The summed E-state index contributed by atoms with van der Waals surface area (Å²) in [6.07, 6.45) is -0.500. The second-order valence-corrected chi connectivity index (χ2v) is 3.49. The Bertz CT molecular complexity index is 426. The molecule has 0 unspecified atom stereocenters. The molecule has 0 spiro atoms. The number of nitrogens with zero attached hydrogens (tertiary/aromatic N) is 1. The summed E-state index contributed by atoms with van der Waals surface area (Å²) in [7, 11) is 0. The molecule has 0 saturated heterocycles. The van der Waals surface area contributed by atoms with Crippen LogP contribution in [0.3, 0.4) is 0 Å². The third-order valence-electron chi connectivity index (χ3n) is 2.40. The number of aryl methyl sites for hydroxylation is 1. The lowest BCUT2D eigenvalue weighted by Crippen LogP contribution is -2.20. The predicted octanol–water partition coefficient (Wildman–Crippen LogP) is 1.57. The van der Waals surface area contributed by atoms with Crippen molar-refractivity contribution in [3.63, 3.8) is 0 Å². The molecule has 1 heterocycles. The van der Waals surface area contributed by atoms with Gasteiger partial charge in [-0.3, -0.25) is 0 Å². The van der Waals surface area contributed by atoms with Crippen LogP contribution in [0, 0.1) is 6.92 Å². The van der Waals surface area contributed by atoms with Crippen LogP contribution >= 0.6 is 0 Å². The van der Waals surface area contributed by atoms with E-state index in [0.29, 0.717) is 12.1 Å². The van der Waals surface area contributed by atoms with Gasteiger partial charge in [-0.05, 0) is 12.5 Å². The van der Waals surface area contributed by atoms with Crippen molar-refractivity contribution in [3.05, 3.63) is 35.4 Å². The third-order valence-corrected chi connectivity index (χ3v) is 2.40. The van der Waals surface area contributed by atoms with Gasteiger partial charge in [-0.15, -0.1) is 0 Å². The van der Waals surface area contributed by atoms with Crippen LogP contribution in [-0.2, 0) is 9.63 Å². The molecule has 0 saturated carbocycles. The maximum atomic E-state index is 10.7. The second kappa shape index (κ2) is 3.73. The van der Waals surface area contributed by atoms with Crippen molar-refractivity contribution in [2.24, 2.45) is 5.16 Å². The molecule has 1 aliphatic rings. The number of rotatable bonds is 2. The average Bonchev–Trinajstić information content (AvgIpc) is 2.67. The quantitative estimate of drug-likeness (QED) is 0.797. The summed E-state index contributed by atoms with van der Waals surface area (Å²) in [6.45, 7) is 1.96. The Morgan fingerprint density at radius 3 is 2.87 bits per heavy atom. The number of hydrogen-bond acceptors (Lipinski definition) is 3. The summed E-state index contributed by atoms with van der Waals surface area (Å²) in [5.41, 5.74) is 2.74. The Kier molecular flexibility index (Phi) is 2.41. The molecule has 1 aromatic rings. The number of carboxylic acid groups (broad SMARTS) is 1. The molecule has 1 aromatic carbocycles. The largest absolute Gasteiger partial charge is 0.478 e. The van der Waals surface area contributed by atoms with Gasteiger partial charge in [0.25, 0.3) is 0 Å². The lowest BCUT2D eigenvalue weighted by Gasteiger charge is -2.03. The van der Waals surface area contributed by atoms with Gasteiger partial charge < -0.3 is 9.94 Å². The van der Waals surface area contributed by atoms with Crippen molar-refractivity contribution in [3.8, 4) is 0 Å². The first kappa shape index (κ1) is 9.71. The molecule has 0 bridgehead atoms. The molecular formula is C11H11NO3. The van der Waals surface area contributed by atoms with Gasteiger partial charge in [0.1, 0.15) is 0 Å². The smallest absolute Gasteiger partial charge is 0.348 e. The predicted molar refractivity (Wildman–Crippen MR) is 54.8 cm³/mol. The van der Waals surface area contributed by atoms with E-state index in [1.165, 1.54) is 0 Å². The van der Waals surface area contributed by atoms with Gasteiger partial charge in [-0.25, -0.2) is 4.79 Å². The normalized spacial score (nSPS) is 19.5. The molecule has 0 aromatic heterocycles. The summed E-state index contributed by atoms with van der Waals surface area (Å²) in [4.78, 5) is 15.5. The highest BCUT2D eigenvalue weighted by atomic mass is 16.7. The number of aliphatic carboxylic acids is 1. The SMILES string of the molecule is Cc1ccccc1C1=NO[C@H](C(=O)O)C1. The second-order valence-electron chi connectivity index (χ2n) is 3.49. The van der Waals surface area contributed by atoms with E-state index in [1.54, 1.807) is 0 Å². The Labute approximate surface area is 87.2 Å². The third kappa shape index (κ3) is 1.83. The lowest BCUT2D eigenvalue weighted by molar-refractivity contribution is -0.148. The number of benzene rings is 1. The molecule has 0 fully saturated rings. The van der Waals surface area contributed by atoms with Crippen molar-refractivity contribution >= 4 is 11.7 Å². The van der Waals surface area contributed by atoms with Crippen LogP contribution in [0.15, 0.2) is 29.4 Å². The Morgan fingerprint density at radius 2 is 2.27 bits per heavy atom. The summed E-state index contributed by atoms with van der Waals surface area (Å²) in [6, 6.07) is 7.72. The molecule has 4 nitrogen and oxygen atoms in total. The Balaban J connectivity index is 2.21. The first-order valence-corrected chi connectivity index (χ1v) is 4.70. The first-order valence-electron chi connectivity index (χ1n) is 4.70. The maximum absolute atomic E-state index is 10.7. The van der Waals surface area contributed by atoms with Crippen molar-refractivity contribution in [1.82, 2.24) is 0 Å². The monoisotopic (exact) mass is 205 g/mol. The van der Waals surface area contributed by atoms with Crippen LogP contribution in [-0.4, -0.2) is 22.9 Å². The minimum absolute atomic E-state index is 0.334. The van der Waals surface area contributed by atoms with Crippen molar-refractivity contribution in [2.75, 3.05) is 0 Å². The fourth-order valence-corrected chi connectivity index (χ4v) is 1.57. The maximum Gasteiger partial charge on any atom is 0.348 e. The molecule has 0 amide bonds. The fraction of sp³-hybridized carbons (Fsp3) is 0.273. The van der Waals surface area contributed by atoms with E-state index in [4.69, 9.17) is 9.94 Å². The van der Waals surface area contributed by atoms with Crippen LogP contribution in [0.1, 0.15) is 17.5 Å². The van der Waals surface area contributed by atoms with Crippen LogP contribution in [0.25, 0.3) is 0 Å². The van der Waals surface area contributed by atoms with E-state index in [9.17, 15) is 4.79 Å². The average molecular weight is 205 g/mol. The zero-order valence-electron chi connectivity index (χ0n) is 8.30. The number of carbonyl (C=O) groups is 1. The van der Waals surface area contributed by atoms with Crippen molar-refractivity contribution in [2.45, 2.75) is 19.4 Å². The summed E-state index contributed by atoms with van der Waals surface area (Å²) in [5.74, 6) is -0.970. The van der Waals surface area contributed by atoms with Crippen LogP contribution in [0.2, 0.25) is 0 Å². The first-order chi connectivity index (χ1) is 7.18. The zero-order valence-corrected chi connectivity index (χ0v) is 8.30. The van der Waals surface area contributed by atoms with Crippen molar-refractivity contribution in [1.29, 1.82) is 0 Å². The van der Waals surface area contributed by atoms with Crippen LogP contribution in [0.5, 0.6) is 0 Å². The van der Waals surface area contributed by atoms with E-state index in [0.717, 1.165) is 11.1 Å². The molecular weight excluding hydrogens is 194 g/mol. The van der Waals surface area contributed by atoms with E-state index in [1.807, 2.05) is 31.2 Å². The van der Waals surface area contributed by atoms with Gasteiger partial charge in [0.05, 0.1) is 5.71 Å². The van der Waals surface area contributed by atoms with Gasteiger partial charge in [0.2, 0.25) is 6.10 Å². The van der Waals surface area contributed by atoms with E-state index in [2.05, 4.69) is 5.16 Å². The molecule has 0 radical (unpaired) electrons. The molecule has 1 N–H and O–H groups in total. The minimum Gasteiger partial charge on any atom is -0.478 e.